The first-order chi connectivity index (χ1) is 9.54. The number of nitrogens with two attached hydrogens (primary N) is 1. The number of halogens is 3. The van der Waals surface area contributed by atoms with E-state index < -0.39 is 11.6 Å². The van der Waals surface area contributed by atoms with Gasteiger partial charge in [0.1, 0.15) is 11.9 Å². The molecule has 1 aliphatic heterocycles. The summed E-state index contributed by atoms with van der Waals surface area (Å²) >= 11 is 3.39. The molecule has 0 aliphatic carbocycles. The molecule has 0 saturated carbocycles. The van der Waals surface area contributed by atoms with Gasteiger partial charge in [-0.05, 0) is 35.9 Å². The van der Waals surface area contributed by atoms with Crippen LogP contribution in [0.2, 0.25) is 0 Å². The van der Waals surface area contributed by atoms with Crippen LogP contribution in [0.1, 0.15) is 29.7 Å². The first-order valence-corrected chi connectivity index (χ1v) is 7.00. The van der Waals surface area contributed by atoms with Gasteiger partial charge < -0.3 is 10.5 Å². The number of rotatable bonds is 1. The van der Waals surface area contributed by atoms with Gasteiger partial charge in [-0.3, -0.25) is 0 Å². The molecule has 0 bridgehead atoms. The molecular weight excluding hydrogens is 328 g/mol. The SMILES string of the molecule is N[C@@H]1CC(c2ccc(F)c(F)c2)Oc2ccc(Br)cc21. The average molecular weight is 340 g/mol. The monoisotopic (exact) mass is 339 g/mol. The molecule has 2 aromatic carbocycles. The van der Waals surface area contributed by atoms with Crippen LogP contribution in [-0.2, 0) is 0 Å². The fourth-order valence-corrected chi connectivity index (χ4v) is 2.77. The Morgan fingerprint density at radius 2 is 1.90 bits per heavy atom. The molecule has 0 amide bonds. The highest BCUT2D eigenvalue weighted by Crippen LogP contribution is 2.40. The number of fused-ring (bicyclic) bond motifs is 1. The number of benzene rings is 2. The second kappa shape index (κ2) is 5.14. The van der Waals surface area contributed by atoms with Crippen molar-refractivity contribution in [3.63, 3.8) is 0 Å². The van der Waals surface area contributed by atoms with Crippen LogP contribution < -0.4 is 10.5 Å². The second-order valence-electron chi connectivity index (χ2n) is 4.80. The van der Waals surface area contributed by atoms with Gasteiger partial charge in [0.05, 0.1) is 0 Å². The van der Waals surface area contributed by atoms with Crippen LogP contribution in [-0.4, -0.2) is 0 Å². The predicted octanol–water partition coefficient (Wildman–Crippen LogP) is 4.25. The van der Waals surface area contributed by atoms with E-state index in [1.165, 1.54) is 6.07 Å². The van der Waals surface area contributed by atoms with Crippen LogP contribution in [0.5, 0.6) is 5.75 Å². The Bertz CT molecular complexity index is 662. The molecule has 20 heavy (non-hydrogen) atoms. The molecule has 0 spiro atoms. The zero-order valence-electron chi connectivity index (χ0n) is 10.4. The van der Waals surface area contributed by atoms with Gasteiger partial charge in [-0.25, -0.2) is 8.78 Å². The number of ether oxygens (including phenoxy) is 1. The van der Waals surface area contributed by atoms with Gasteiger partial charge in [0, 0.05) is 22.5 Å². The van der Waals surface area contributed by atoms with Gasteiger partial charge >= 0.3 is 0 Å². The summed E-state index contributed by atoms with van der Waals surface area (Å²) in [5.74, 6) is -1.05. The Morgan fingerprint density at radius 3 is 2.65 bits per heavy atom. The maximum atomic E-state index is 13.3. The van der Waals surface area contributed by atoms with E-state index >= 15 is 0 Å². The highest BCUT2D eigenvalue weighted by Gasteiger charge is 2.27. The Labute approximate surface area is 123 Å². The Morgan fingerprint density at radius 1 is 1.10 bits per heavy atom. The van der Waals surface area contributed by atoms with E-state index in [4.69, 9.17) is 10.5 Å². The highest BCUT2D eigenvalue weighted by molar-refractivity contribution is 9.10. The summed E-state index contributed by atoms with van der Waals surface area (Å²) in [6.07, 6.45) is 0.155. The fraction of sp³-hybridized carbons (Fsp3) is 0.200. The molecule has 2 N–H and O–H groups in total. The van der Waals surface area contributed by atoms with Crippen LogP contribution in [0, 0.1) is 11.6 Å². The van der Waals surface area contributed by atoms with Crippen molar-refractivity contribution in [1.82, 2.24) is 0 Å². The van der Waals surface area contributed by atoms with Crippen molar-refractivity contribution in [2.75, 3.05) is 0 Å². The minimum atomic E-state index is -0.874. The molecular formula is C15H12BrF2NO. The molecule has 104 valence electrons. The number of hydrogen-bond acceptors (Lipinski definition) is 2. The molecule has 1 heterocycles. The summed E-state index contributed by atoms with van der Waals surface area (Å²) in [5, 5.41) is 0. The summed E-state index contributed by atoms with van der Waals surface area (Å²) in [4.78, 5) is 0. The third-order valence-electron chi connectivity index (χ3n) is 3.42. The third-order valence-corrected chi connectivity index (χ3v) is 3.92. The van der Waals surface area contributed by atoms with Crippen LogP contribution in [0.4, 0.5) is 8.78 Å². The van der Waals surface area contributed by atoms with Crippen molar-refractivity contribution in [3.05, 3.63) is 63.6 Å². The summed E-state index contributed by atoms with van der Waals surface area (Å²) in [7, 11) is 0. The van der Waals surface area contributed by atoms with Crippen LogP contribution in [0.15, 0.2) is 40.9 Å². The first-order valence-electron chi connectivity index (χ1n) is 6.21. The third kappa shape index (κ3) is 2.43. The van der Waals surface area contributed by atoms with Crippen molar-refractivity contribution >= 4 is 15.9 Å². The van der Waals surface area contributed by atoms with Crippen LogP contribution in [0.25, 0.3) is 0 Å². The quantitative estimate of drug-likeness (QED) is 0.842. The van der Waals surface area contributed by atoms with Crippen molar-refractivity contribution in [2.45, 2.75) is 18.6 Å². The molecule has 3 rings (SSSR count). The van der Waals surface area contributed by atoms with Crippen LogP contribution in [0.3, 0.4) is 0 Å². The van der Waals surface area contributed by atoms with E-state index in [1.807, 2.05) is 18.2 Å². The van der Waals surface area contributed by atoms with Gasteiger partial charge in [0.2, 0.25) is 0 Å². The molecule has 2 nitrogen and oxygen atoms in total. The van der Waals surface area contributed by atoms with Crippen molar-refractivity contribution < 1.29 is 13.5 Å². The predicted molar refractivity (Wildman–Crippen MR) is 75.4 cm³/mol. The lowest BCUT2D eigenvalue weighted by Crippen LogP contribution is -2.24. The van der Waals surface area contributed by atoms with Gasteiger partial charge in [0.25, 0.3) is 0 Å². The van der Waals surface area contributed by atoms with E-state index in [-0.39, 0.29) is 12.1 Å². The summed E-state index contributed by atoms with van der Waals surface area (Å²) in [6.45, 7) is 0. The molecule has 0 aromatic heterocycles. The lowest BCUT2D eigenvalue weighted by atomic mass is 9.93. The normalized spacial score (nSPS) is 21.2. The molecule has 1 aliphatic rings. The van der Waals surface area contributed by atoms with E-state index in [9.17, 15) is 8.78 Å². The van der Waals surface area contributed by atoms with E-state index in [0.717, 1.165) is 22.2 Å². The van der Waals surface area contributed by atoms with Gasteiger partial charge in [-0.2, -0.15) is 0 Å². The molecule has 2 aromatic rings. The lowest BCUT2D eigenvalue weighted by molar-refractivity contribution is 0.161. The maximum absolute atomic E-state index is 13.3. The Hall–Kier alpha value is -1.46. The molecule has 1 unspecified atom stereocenters. The minimum absolute atomic E-state index is 0.200. The standard InChI is InChI=1S/C15H12BrF2NO/c16-9-2-4-14-10(6-9)13(19)7-15(20-14)8-1-3-11(17)12(18)5-8/h1-6,13,15H,7,19H2/t13-,15?/m1/s1. The average Bonchev–Trinajstić information content (AvgIpc) is 2.42. The maximum Gasteiger partial charge on any atom is 0.159 e. The van der Waals surface area contributed by atoms with Gasteiger partial charge in [0.15, 0.2) is 11.6 Å². The molecule has 2 atom stereocenters. The van der Waals surface area contributed by atoms with Crippen LogP contribution >= 0.6 is 15.9 Å². The summed E-state index contributed by atoms with van der Waals surface area (Å²) in [6, 6.07) is 9.20. The molecule has 0 fully saturated rings. The second-order valence-corrected chi connectivity index (χ2v) is 5.72. The Balaban J connectivity index is 1.94. The molecule has 0 saturated heterocycles. The topological polar surface area (TPSA) is 35.2 Å². The number of hydrogen-bond donors (Lipinski definition) is 1. The van der Waals surface area contributed by atoms with Crippen molar-refractivity contribution in [3.8, 4) is 5.75 Å². The van der Waals surface area contributed by atoms with Gasteiger partial charge in [-0.15, -0.1) is 0 Å². The zero-order valence-corrected chi connectivity index (χ0v) is 12.0. The summed E-state index contributed by atoms with van der Waals surface area (Å²) < 4.78 is 33.1. The molecule has 0 radical (unpaired) electrons. The van der Waals surface area contributed by atoms with Crippen molar-refractivity contribution in [2.24, 2.45) is 5.73 Å². The fourth-order valence-electron chi connectivity index (χ4n) is 2.39. The first kappa shape index (κ1) is 13.5. The summed E-state index contributed by atoms with van der Waals surface area (Å²) in [5.41, 5.74) is 7.65. The van der Waals surface area contributed by atoms with Gasteiger partial charge in [-0.1, -0.05) is 22.0 Å². The van der Waals surface area contributed by atoms with Crippen molar-refractivity contribution in [1.29, 1.82) is 0 Å². The Kier molecular flexibility index (Phi) is 3.48. The van der Waals surface area contributed by atoms with E-state index in [0.29, 0.717) is 17.7 Å². The largest absolute Gasteiger partial charge is 0.485 e. The van der Waals surface area contributed by atoms with E-state index in [2.05, 4.69) is 15.9 Å². The minimum Gasteiger partial charge on any atom is -0.485 e. The lowest BCUT2D eigenvalue weighted by Gasteiger charge is -2.30. The molecule has 5 heteroatoms. The zero-order chi connectivity index (χ0) is 14.3. The van der Waals surface area contributed by atoms with E-state index in [1.54, 1.807) is 0 Å². The smallest absolute Gasteiger partial charge is 0.159 e. The highest BCUT2D eigenvalue weighted by atomic mass is 79.9.